The van der Waals surface area contributed by atoms with Crippen molar-refractivity contribution in [1.29, 1.82) is 0 Å². The van der Waals surface area contributed by atoms with Gasteiger partial charge in [-0.1, -0.05) is 35.3 Å². The third-order valence-electron chi connectivity index (χ3n) is 6.52. The lowest BCUT2D eigenvalue weighted by molar-refractivity contribution is -0.180. The minimum Gasteiger partial charge on any atom is -0.372 e. The molecule has 1 aliphatic heterocycles. The van der Waals surface area contributed by atoms with E-state index in [2.05, 4.69) is 9.97 Å². The number of carbonyl (C=O) groups excluding carboxylic acids is 2. The molecule has 1 aliphatic carbocycles. The summed E-state index contributed by atoms with van der Waals surface area (Å²) >= 11 is 12.4. The second-order valence-corrected chi connectivity index (χ2v) is 8.77. The zero-order chi connectivity index (χ0) is 21.9. The molecule has 2 aromatic carbocycles. The average Bonchev–Trinajstić information content (AvgIpc) is 3.34. The normalized spacial score (nSPS) is 24.7. The number of imide groups is 1. The Balaban J connectivity index is 1.89. The van der Waals surface area contributed by atoms with E-state index in [0.717, 1.165) is 4.90 Å². The van der Waals surface area contributed by atoms with Gasteiger partial charge in [0.25, 0.3) is 11.8 Å². The van der Waals surface area contributed by atoms with Crippen LogP contribution < -0.4 is 0 Å². The number of aromatic nitrogens is 2. The molecule has 2 aliphatic rings. The van der Waals surface area contributed by atoms with E-state index in [1.54, 1.807) is 36.4 Å². The number of likely N-dealkylation sites (N-methyl/N-ethyl adjacent to an activating group) is 1. The van der Waals surface area contributed by atoms with Gasteiger partial charge in [-0.25, -0.2) is 0 Å². The van der Waals surface area contributed by atoms with Gasteiger partial charge in [-0.15, -0.1) is 0 Å². The van der Waals surface area contributed by atoms with Crippen molar-refractivity contribution in [2.75, 3.05) is 14.2 Å². The fourth-order valence-corrected chi connectivity index (χ4v) is 5.58. The van der Waals surface area contributed by atoms with Gasteiger partial charge in [0.05, 0.1) is 11.4 Å². The molecule has 31 heavy (non-hydrogen) atoms. The van der Waals surface area contributed by atoms with Gasteiger partial charge in [-0.2, -0.15) is 0 Å². The highest BCUT2D eigenvalue weighted by Crippen LogP contribution is 2.61. The number of fused-ring (bicyclic) bond motifs is 10. The topological polar surface area (TPSA) is 98.4 Å². The fourth-order valence-electron chi connectivity index (χ4n) is 5.24. The van der Waals surface area contributed by atoms with E-state index in [4.69, 9.17) is 27.9 Å². The van der Waals surface area contributed by atoms with Gasteiger partial charge in [0.2, 0.25) is 11.2 Å². The van der Waals surface area contributed by atoms with Gasteiger partial charge < -0.3 is 19.8 Å². The Morgan fingerprint density at radius 3 is 1.97 bits per heavy atom. The Morgan fingerprint density at radius 1 is 0.903 bits per heavy atom. The maximum atomic E-state index is 13.6. The molecular formula is C22H15Cl2N3O4. The summed E-state index contributed by atoms with van der Waals surface area (Å²) in [5, 5.41) is 14.3. The van der Waals surface area contributed by atoms with Gasteiger partial charge >= 0.3 is 0 Å². The number of rotatable bonds is 1. The van der Waals surface area contributed by atoms with Gasteiger partial charge in [-0.3, -0.25) is 14.5 Å². The van der Waals surface area contributed by atoms with E-state index in [0.29, 0.717) is 48.8 Å². The predicted octanol–water partition coefficient (Wildman–Crippen LogP) is 3.66. The smallest absolute Gasteiger partial charge is 0.270 e. The molecule has 6 rings (SSSR count). The SMILES string of the molecule is COC12C(=O)N(C)C(=O)C1(O)c1c([nH]c3cc(Cl)ccc13)-c1[nH]c3cc(Cl)ccc3c12. The van der Waals surface area contributed by atoms with Crippen molar-refractivity contribution in [2.45, 2.75) is 11.2 Å². The number of hydrogen-bond donors (Lipinski definition) is 3. The molecule has 3 heterocycles. The highest BCUT2D eigenvalue weighted by Gasteiger charge is 2.75. The van der Waals surface area contributed by atoms with Crippen molar-refractivity contribution in [2.24, 2.45) is 0 Å². The number of nitrogens with zero attached hydrogens (tertiary/aromatic N) is 1. The highest BCUT2D eigenvalue weighted by molar-refractivity contribution is 6.32. The van der Waals surface area contributed by atoms with Crippen LogP contribution in [0, 0.1) is 0 Å². The molecule has 1 fully saturated rings. The Morgan fingerprint density at radius 2 is 1.42 bits per heavy atom. The Bertz CT molecular complexity index is 1490. The third-order valence-corrected chi connectivity index (χ3v) is 6.99. The summed E-state index contributed by atoms with van der Waals surface area (Å²) in [4.78, 5) is 34.5. The number of likely N-dealkylation sites (tertiary alicyclic amines) is 1. The molecule has 3 N–H and O–H groups in total. The first-order chi connectivity index (χ1) is 14.8. The lowest BCUT2D eigenvalue weighted by Gasteiger charge is -2.40. The molecule has 7 nitrogen and oxygen atoms in total. The first-order valence-corrected chi connectivity index (χ1v) is 10.2. The van der Waals surface area contributed by atoms with Gasteiger partial charge in [0, 0.05) is 57.1 Å². The minimum absolute atomic E-state index is 0.272. The van der Waals surface area contributed by atoms with Crippen LogP contribution in [0.5, 0.6) is 0 Å². The first kappa shape index (κ1) is 18.9. The van der Waals surface area contributed by atoms with Crippen LogP contribution in [0.1, 0.15) is 11.1 Å². The van der Waals surface area contributed by atoms with Crippen LogP contribution in [0.4, 0.5) is 0 Å². The summed E-state index contributed by atoms with van der Waals surface area (Å²) in [5.74, 6) is -1.40. The molecule has 2 aromatic heterocycles. The number of H-pyrrole nitrogens is 2. The van der Waals surface area contributed by atoms with E-state index < -0.39 is 23.0 Å². The van der Waals surface area contributed by atoms with Crippen LogP contribution in [0.25, 0.3) is 33.2 Å². The van der Waals surface area contributed by atoms with Crippen molar-refractivity contribution in [1.82, 2.24) is 14.9 Å². The molecule has 1 saturated heterocycles. The summed E-state index contributed by atoms with van der Waals surface area (Å²) in [6, 6.07) is 10.2. The van der Waals surface area contributed by atoms with Gasteiger partial charge in [-0.05, 0) is 24.3 Å². The molecule has 0 spiro atoms. The molecule has 156 valence electrons. The van der Waals surface area contributed by atoms with Crippen LogP contribution in [-0.4, -0.2) is 45.9 Å². The van der Waals surface area contributed by atoms with E-state index in [1.807, 2.05) is 0 Å². The van der Waals surface area contributed by atoms with Crippen LogP contribution in [-0.2, 0) is 25.5 Å². The zero-order valence-corrected chi connectivity index (χ0v) is 17.9. The summed E-state index contributed by atoms with van der Waals surface area (Å²) in [6.45, 7) is 0. The molecule has 0 saturated carbocycles. The summed E-state index contributed by atoms with van der Waals surface area (Å²) in [7, 11) is 2.67. The number of halogens is 2. The van der Waals surface area contributed by atoms with Crippen LogP contribution in [0.3, 0.4) is 0 Å². The first-order valence-electron chi connectivity index (χ1n) is 9.49. The number of carbonyl (C=O) groups is 2. The summed E-state index contributed by atoms with van der Waals surface area (Å²) < 4.78 is 5.83. The van der Waals surface area contributed by atoms with Crippen molar-refractivity contribution in [3.63, 3.8) is 0 Å². The van der Waals surface area contributed by atoms with Crippen molar-refractivity contribution in [3.8, 4) is 11.4 Å². The van der Waals surface area contributed by atoms with E-state index >= 15 is 0 Å². The minimum atomic E-state index is -2.28. The van der Waals surface area contributed by atoms with E-state index in [9.17, 15) is 14.7 Å². The largest absolute Gasteiger partial charge is 0.372 e. The van der Waals surface area contributed by atoms with Crippen molar-refractivity contribution < 1.29 is 19.4 Å². The Hall–Kier alpha value is -2.84. The third kappa shape index (κ3) is 1.90. The molecule has 0 bridgehead atoms. The quantitative estimate of drug-likeness (QED) is 0.381. The maximum absolute atomic E-state index is 13.6. The molecular weight excluding hydrogens is 441 g/mol. The monoisotopic (exact) mass is 455 g/mol. The van der Waals surface area contributed by atoms with Crippen LogP contribution in [0.15, 0.2) is 36.4 Å². The number of ether oxygens (including phenoxy) is 1. The Labute approximate surface area is 185 Å². The maximum Gasteiger partial charge on any atom is 0.270 e. The average molecular weight is 456 g/mol. The van der Waals surface area contributed by atoms with Crippen LogP contribution in [0.2, 0.25) is 10.0 Å². The molecule has 0 radical (unpaired) electrons. The number of aromatic amines is 2. The summed E-state index contributed by atoms with van der Waals surface area (Å²) in [6.07, 6.45) is 0. The van der Waals surface area contributed by atoms with Crippen molar-refractivity contribution >= 4 is 56.8 Å². The van der Waals surface area contributed by atoms with Crippen molar-refractivity contribution in [3.05, 3.63) is 57.6 Å². The number of amides is 2. The second kappa shape index (κ2) is 5.69. The standard InChI is InChI=1S/C22H15Cl2N3O4/c1-27-19(28)21(30)15-11-5-3-9(23)7-13(11)25-17(15)18-16(22(21,31-2)20(27)29)12-6-4-10(24)8-14(12)26-18/h3-8,25-26,30H,1-2H3. The molecule has 9 heteroatoms. The predicted molar refractivity (Wildman–Crippen MR) is 116 cm³/mol. The second-order valence-electron chi connectivity index (χ2n) is 7.89. The van der Waals surface area contributed by atoms with Gasteiger partial charge in [0.1, 0.15) is 0 Å². The highest BCUT2D eigenvalue weighted by atomic mass is 35.5. The zero-order valence-electron chi connectivity index (χ0n) is 16.3. The number of aliphatic hydroxyl groups is 1. The number of methoxy groups -OCH3 is 1. The lowest BCUT2D eigenvalue weighted by atomic mass is 9.68. The van der Waals surface area contributed by atoms with E-state index in [-0.39, 0.29) is 5.56 Å². The fraction of sp³-hybridized carbons (Fsp3) is 0.182. The van der Waals surface area contributed by atoms with Gasteiger partial charge in [0.15, 0.2) is 0 Å². The lowest BCUT2D eigenvalue weighted by Crippen LogP contribution is -2.55. The number of hydrogen-bond acceptors (Lipinski definition) is 4. The molecule has 4 aromatic rings. The Kier molecular flexibility index (Phi) is 3.47. The van der Waals surface area contributed by atoms with E-state index in [1.165, 1.54) is 14.2 Å². The molecule has 2 amide bonds. The number of benzene rings is 2. The summed E-state index contributed by atoms with van der Waals surface area (Å²) in [5.41, 5.74) is -1.29. The van der Waals surface area contributed by atoms with Crippen LogP contribution >= 0.6 is 23.2 Å². The molecule has 2 atom stereocenters. The molecule has 2 unspecified atom stereocenters. The number of nitrogens with one attached hydrogen (secondary N) is 2.